The monoisotopic (exact) mass is 571 g/mol. The predicted octanol–water partition coefficient (Wildman–Crippen LogP) is 4.35. The molecule has 2 aromatic carbocycles. The second-order valence-corrected chi connectivity index (χ2v) is 9.48. The van der Waals surface area contributed by atoms with Crippen LogP contribution in [0, 0.1) is 5.82 Å². The second-order valence-electron chi connectivity index (χ2n) is 8.56. The van der Waals surface area contributed by atoms with Crippen LogP contribution >= 0.6 is 15.9 Å². The highest BCUT2D eigenvalue weighted by Crippen LogP contribution is 2.30. The number of nitrogen functional groups attached to an aromatic ring is 1. The summed E-state index contributed by atoms with van der Waals surface area (Å²) in [5.74, 6) is -1.00. The maximum absolute atomic E-state index is 15.2. The maximum Gasteiger partial charge on any atom is 0.406 e. The third-order valence-electron chi connectivity index (χ3n) is 6.14. The first-order valence-electron chi connectivity index (χ1n) is 11.7. The lowest BCUT2D eigenvalue weighted by molar-refractivity contribution is 0.0844. The molecule has 1 atom stereocenters. The number of carbonyl (C=O) groups excluding carboxylic acids is 2. The van der Waals surface area contributed by atoms with Gasteiger partial charge in [0.05, 0.1) is 30.6 Å². The van der Waals surface area contributed by atoms with Gasteiger partial charge in [-0.05, 0) is 42.7 Å². The molecule has 2 heterocycles. The Balaban J connectivity index is 1.56. The van der Waals surface area contributed by atoms with Crippen molar-refractivity contribution in [3.05, 3.63) is 75.8 Å². The van der Waals surface area contributed by atoms with Crippen molar-refractivity contribution >= 4 is 33.7 Å². The van der Waals surface area contributed by atoms with Crippen LogP contribution in [0.25, 0.3) is 11.3 Å². The van der Waals surface area contributed by atoms with E-state index in [4.69, 9.17) is 10.5 Å². The highest BCUT2D eigenvalue weighted by molar-refractivity contribution is 9.10. The number of alkyl carbamates (subject to hydrolysis) is 1. The van der Waals surface area contributed by atoms with Gasteiger partial charge in [0.25, 0.3) is 5.91 Å². The highest BCUT2D eigenvalue weighted by atomic mass is 79.9. The Labute approximate surface area is 222 Å². The van der Waals surface area contributed by atoms with E-state index < -0.39 is 23.9 Å². The molecule has 11 heteroatoms. The SMILES string of the molecule is COC(=O)NC[C@@H](NC(=O)c1ccc(-c2nc(C3CCOCC3)cnc2N)cc1F)c1cccc(Br)c1. The smallest absolute Gasteiger partial charge is 0.406 e. The van der Waals surface area contributed by atoms with Crippen LogP contribution in [0.5, 0.6) is 0 Å². The average molecular weight is 572 g/mol. The van der Waals surface area contributed by atoms with E-state index in [1.807, 2.05) is 6.07 Å². The van der Waals surface area contributed by atoms with Crippen LogP contribution in [-0.2, 0) is 9.47 Å². The van der Waals surface area contributed by atoms with E-state index in [2.05, 4.69) is 41.3 Å². The van der Waals surface area contributed by atoms with E-state index in [0.29, 0.717) is 30.0 Å². The lowest BCUT2D eigenvalue weighted by Crippen LogP contribution is -2.38. The van der Waals surface area contributed by atoms with E-state index in [9.17, 15) is 9.59 Å². The first-order valence-corrected chi connectivity index (χ1v) is 12.5. The number of benzene rings is 2. The molecular weight excluding hydrogens is 545 g/mol. The normalized spacial score (nSPS) is 14.6. The van der Waals surface area contributed by atoms with Crippen molar-refractivity contribution < 1.29 is 23.5 Å². The Bertz CT molecular complexity index is 1290. The first-order chi connectivity index (χ1) is 17.9. The van der Waals surface area contributed by atoms with Crippen LogP contribution in [0.15, 0.2) is 53.1 Å². The molecular formula is C26H27BrFN5O4. The molecule has 4 N–H and O–H groups in total. The van der Waals surface area contributed by atoms with Crippen LogP contribution in [0.4, 0.5) is 15.0 Å². The van der Waals surface area contributed by atoms with E-state index in [-0.39, 0.29) is 23.8 Å². The van der Waals surface area contributed by atoms with Gasteiger partial charge in [-0.3, -0.25) is 4.79 Å². The highest BCUT2D eigenvalue weighted by Gasteiger charge is 2.22. The Hall–Kier alpha value is -3.57. The van der Waals surface area contributed by atoms with Crippen molar-refractivity contribution in [2.75, 3.05) is 32.6 Å². The molecule has 0 bridgehead atoms. The molecule has 0 spiro atoms. The minimum atomic E-state index is -0.735. The molecule has 9 nitrogen and oxygen atoms in total. The molecule has 1 aromatic heterocycles. The maximum atomic E-state index is 15.2. The summed E-state index contributed by atoms with van der Waals surface area (Å²) in [4.78, 5) is 33.6. The summed E-state index contributed by atoms with van der Waals surface area (Å²) >= 11 is 3.40. The fourth-order valence-corrected chi connectivity index (χ4v) is 4.55. The van der Waals surface area contributed by atoms with Crippen LogP contribution in [0.3, 0.4) is 0 Å². The zero-order chi connectivity index (χ0) is 26.4. The number of ether oxygens (including phenoxy) is 2. The van der Waals surface area contributed by atoms with Crippen LogP contribution in [0.1, 0.15) is 46.4 Å². The quantitative estimate of drug-likeness (QED) is 0.384. The number of nitrogens with one attached hydrogen (secondary N) is 2. The van der Waals surface area contributed by atoms with Gasteiger partial charge >= 0.3 is 6.09 Å². The molecule has 194 valence electrons. The minimum Gasteiger partial charge on any atom is -0.453 e. The molecule has 0 aliphatic carbocycles. The molecule has 1 aliphatic heterocycles. The molecule has 0 unspecified atom stereocenters. The minimum absolute atomic E-state index is 0.0414. The molecule has 2 amide bonds. The number of nitrogens with zero attached hydrogens (tertiary/aromatic N) is 2. The summed E-state index contributed by atoms with van der Waals surface area (Å²) in [5.41, 5.74) is 8.18. The molecule has 1 saturated heterocycles. The fourth-order valence-electron chi connectivity index (χ4n) is 4.13. The molecule has 0 saturated carbocycles. The second kappa shape index (κ2) is 12.1. The molecule has 37 heavy (non-hydrogen) atoms. The van der Waals surface area contributed by atoms with Gasteiger partial charge in [-0.25, -0.2) is 19.2 Å². The third-order valence-corrected chi connectivity index (χ3v) is 6.63. The van der Waals surface area contributed by atoms with Crippen LogP contribution < -0.4 is 16.4 Å². The van der Waals surface area contributed by atoms with Gasteiger partial charge in [0, 0.05) is 35.7 Å². The number of hydrogen-bond acceptors (Lipinski definition) is 7. The average Bonchev–Trinajstić information content (AvgIpc) is 2.91. The number of aromatic nitrogens is 2. The summed E-state index contributed by atoms with van der Waals surface area (Å²) in [6, 6.07) is 10.8. The largest absolute Gasteiger partial charge is 0.453 e. The number of nitrogens with two attached hydrogens (primary N) is 1. The van der Waals surface area contributed by atoms with Crippen molar-refractivity contribution in [1.29, 1.82) is 0 Å². The number of anilines is 1. The predicted molar refractivity (Wildman–Crippen MR) is 139 cm³/mol. The Morgan fingerprint density at radius 1 is 1.24 bits per heavy atom. The van der Waals surface area contributed by atoms with Crippen molar-refractivity contribution in [2.45, 2.75) is 24.8 Å². The van der Waals surface area contributed by atoms with E-state index >= 15 is 4.39 Å². The van der Waals surface area contributed by atoms with Crippen molar-refractivity contribution in [3.8, 4) is 11.3 Å². The summed E-state index contributed by atoms with van der Waals surface area (Å²) in [7, 11) is 1.25. The molecule has 3 aromatic rings. The summed E-state index contributed by atoms with van der Waals surface area (Å²) in [6.45, 7) is 1.35. The van der Waals surface area contributed by atoms with Gasteiger partial charge in [-0.1, -0.05) is 34.1 Å². The number of rotatable bonds is 7. The summed E-state index contributed by atoms with van der Waals surface area (Å²) in [6.07, 6.45) is 2.66. The van der Waals surface area contributed by atoms with E-state index in [0.717, 1.165) is 23.0 Å². The van der Waals surface area contributed by atoms with E-state index in [1.54, 1.807) is 30.5 Å². The number of amides is 2. The topological polar surface area (TPSA) is 128 Å². The van der Waals surface area contributed by atoms with Crippen molar-refractivity contribution in [3.63, 3.8) is 0 Å². The summed E-state index contributed by atoms with van der Waals surface area (Å²) in [5, 5.41) is 5.35. The lowest BCUT2D eigenvalue weighted by atomic mass is 9.96. The van der Waals surface area contributed by atoms with Crippen LogP contribution in [0.2, 0.25) is 0 Å². The van der Waals surface area contributed by atoms with Gasteiger partial charge in [0.15, 0.2) is 0 Å². The standard InChI is InChI=1S/C26H27BrFN5O4/c1-36-26(35)31-14-22(16-3-2-4-18(27)11-16)33-25(34)19-6-5-17(12-20(19)28)23-24(29)30-13-21(32-23)15-7-9-37-10-8-15/h2-6,11-13,15,22H,7-10,14H2,1H3,(H2,29,30)(H,31,35)(H,33,34)/t22-/m1/s1. The van der Waals surface area contributed by atoms with E-state index in [1.165, 1.54) is 19.2 Å². The van der Waals surface area contributed by atoms with Gasteiger partial charge in [0.1, 0.15) is 17.3 Å². The third kappa shape index (κ3) is 6.60. The number of methoxy groups -OCH3 is 1. The fraction of sp³-hybridized carbons (Fsp3) is 0.308. The van der Waals surface area contributed by atoms with Gasteiger partial charge < -0.3 is 25.8 Å². The first kappa shape index (κ1) is 26.5. The summed E-state index contributed by atoms with van der Waals surface area (Å²) < 4.78 is 26.0. The zero-order valence-electron chi connectivity index (χ0n) is 20.2. The molecule has 1 aliphatic rings. The molecule has 4 rings (SSSR count). The van der Waals surface area contributed by atoms with Gasteiger partial charge in [-0.2, -0.15) is 0 Å². The number of carbonyl (C=O) groups is 2. The van der Waals surface area contributed by atoms with Crippen molar-refractivity contribution in [1.82, 2.24) is 20.6 Å². The number of hydrogen-bond donors (Lipinski definition) is 3. The Kier molecular flexibility index (Phi) is 8.67. The van der Waals surface area contributed by atoms with Crippen LogP contribution in [-0.4, -0.2) is 48.8 Å². The Morgan fingerprint density at radius 3 is 2.73 bits per heavy atom. The lowest BCUT2D eigenvalue weighted by Gasteiger charge is -2.22. The Morgan fingerprint density at radius 2 is 2.03 bits per heavy atom. The number of halogens is 2. The molecule has 1 fully saturated rings. The van der Waals surface area contributed by atoms with Crippen molar-refractivity contribution in [2.24, 2.45) is 0 Å². The van der Waals surface area contributed by atoms with Gasteiger partial charge in [0.2, 0.25) is 0 Å². The zero-order valence-corrected chi connectivity index (χ0v) is 21.8. The molecule has 0 radical (unpaired) electrons. The van der Waals surface area contributed by atoms with Gasteiger partial charge in [-0.15, -0.1) is 0 Å².